The summed E-state index contributed by atoms with van der Waals surface area (Å²) in [5.41, 5.74) is 1.33. The summed E-state index contributed by atoms with van der Waals surface area (Å²) < 4.78 is 1.56. The van der Waals surface area contributed by atoms with Crippen LogP contribution in [-0.2, 0) is 0 Å². The summed E-state index contributed by atoms with van der Waals surface area (Å²) in [6.45, 7) is 0. The number of benzene rings is 3. The molecule has 0 N–H and O–H groups in total. The van der Waals surface area contributed by atoms with Gasteiger partial charge in [-0.05, 0) is 17.5 Å². The Bertz CT molecular complexity index is 903. The first-order valence-corrected chi connectivity index (χ1v) is 9.09. The Morgan fingerprint density at radius 2 is 1.23 bits per heavy atom. The van der Waals surface area contributed by atoms with Gasteiger partial charge in [0.05, 0.1) is 0 Å². The van der Waals surface area contributed by atoms with Crippen molar-refractivity contribution in [2.45, 2.75) is 0 Å². The Balaban J connectivity index is 1.98. The molecule has 0 bridgehead atoms. The molecule has 0 heterocycles. The van der Waals surface area contributed by atoms with E-state index in [0.29, 0.717) is 14.6 Å². The molecule has 1 aliphatic rings. The van der Waals surface area contributed by atoms with Crippen molar-refractivity contribution in [3.05, 3.63) is 81.4 Å². The molecule has 0 amide bonds. The second kappa shape index (κ2) is 5.25. The fourth-order valence-corrected chi connectivity index (χ4v) is 5.20. The molecule has 0 aliphatic heterocycles. The standard InChI is InChI=1S/C19H11IO2/c21-18-14-10-4-6-12-7-5-11-15(16(12)14)19(22)17(18)20-13-8-2-1-3-9-13/h1-11H. The zero-order chi connectivity index (χ0) is 15.1. The van der Waals surface area contributed by atoms with Gasteiger partial charge in [0.2, 0.25) is 11.6 Å². The highest BCUT2D eigenvalue weighted by molar-refractivity contribution is 14.2. The van der Waals surface area contributed by atoms with Crippen molar-refractivity contribution in [3.8, 4) is 0 Å². The van der Waals surface area contributed by atoms with E-state index in [0.717, 1.165) is 14.3 Å². The minimum atomic E-state index is -0.767. The molecule has 3 aromatic carbocycles. The van der Waals surface area contributed by atoms with Crippen molar-refractivity contribution in [3.63, 3.8) is 0 Å². The van der Waals surface area contributed by atoms with Crippen LogP contribution in [0.3, 0.4) is 0 Å². The highest BCUT2D eigenvalue weighted by Crippen LogP contribution is 2.31. The first kappa shape index (κ1) is 13.5. The van der Waals surface area contributed by atoms with Crippen molar-refractivity contribution in [1.82, 2.24) is 0 Å². The number of rotatable bonds is 1. The molecule has 0 fully saturated rings. The summed E-state index contributed by atoms with van der Waals surface area (Å²) in [4.78, 5) is 25.6. The molecule has 2 nitrogen and oxygen atoms in total. The Morgan fingerprint density at radius 3 is 1.82 bits per heavy atom. The van der Waals surface area contributed by atoms with Gasteiger partial charge < -0.3 is 0 Å². The van der Waals surface area contributed by atoms with Gasteiger partial charge in [-0.25, -0.2) is 0 Å². The van der Waals surface area contributed by atoms with E-state index in [1.54, 1.807) is 0 Å². The van der Waals surface area contributed by atoms with Gasteiger partial charge in [0, 0.05) is 20.1 Å². The average molecular weight is 398 g/mol. The van der Waals surface area contributed by atoms with Crippen LogP contribution in [0.4, 0.5) is 0 Å². The maximum absolute atomic E-state index is 12.8. The van der Waals surface area contributed by atoms with Gasteiger partial charge in [-0.1, -0.05) is 75.3 Å². The van der Waals surface area contributed by atoms with Crippen molar-refractivity contribution in [1.29, 1.82) is 0 Å². The summed E-state index contributed by atoms with van der Waals surface area (Å²) in [5, 5.41) is 1.76. The highest BCUT2D eigenvalue weighted by Gasteiger charge is 2.30. The lowest BCUT2D eigenvalue weighted by Crippen LogP contribution is -2.27. The molecule has 0 aromatic heterocycles. The average Bonchev–Trinajstić information content (AvgIpc) is 2.57. The van der Waals surface area contributed by atoms with E-state index in [1.165, 1.54) is 0 Å². The van der Waals surface area contributed by atoms with Crippen molar-refractivity contribution >= 4 is 46.6 Å². The molecular weight excluding hydrogens is 387 g/mol. The number of carbonyl (C=O) groups excluding carboxylic acids is 2. The lowest BCUT2D eigenvalue weighted by atomic mass is 9.87. The predicted octanol–water partition coefficient (Wildman–Crippen LogP) is 4.23. The summed E-state index contributed by atoms with van der Waals surface area (Å²) in [6, 6.07) is 21.1. The lowest BCUT2D eigenvalue weighted by molar-refractivity contribution is 0.102. The van der Waals surface area contributed by atoms with Crippen LogP contribution in [0.2, 0.25) is 0 Å². The van der Waals surface area contributed by atoms with Crippen LogP contribution in [0.5, 0.6) is 0 Å². The molecule has 22 heavy (non-hydrogen) atoms. The first-order valence-electron chi connectivity index (χ1n) is 6.93. The summed E-state index contributed by atoms with van der Waals surface area (Å²) in [7, 11) is 0. The van der Waals surface area contributed by atoms with Crippen molar-refractivity contribution in [2.24, 2.45) is 0 Å². The van der Waals surface area contributed by atoms with E-state index < -0.39 is 20.7 Å². The van der Waals surface area contributed by atoms with E-state index >= 15 is 0 Å². The summed E-state index contributed by atoms with van der Waals surface area (Å²) in [5.74, 6) is -0.183. The van der Waals surface area contributed by atoms with Crippen LogP contribution < -0.4 is 0 Å². The van der Waals surface area contributed by atoms with Gasteiger partial charge in [-0.2, -0.15) is 0 Å². The topological polar surface area (TPSA) is 34.1 Å². The maximum Gasteiger partial charge on any atom is 0.203 e. The molecule has 0 saturated carbocycles. The van der Waals surface area contributed by atoms with Crippen LogP contribution in [0, 0.1) is 3.57 Å². The van der Waals surface area contributed by atoms with Gasteiger partial charge in [0.15, 0.2) is 0 Å². The summed E-state index contributed by atoms with van der Waals surface area (Å²) >= 11 is -0.767. The molecule has 0 unspecified atom stereocenters. The van der Waals surface area contributed by atoms with Crippen LogP contribution in [0.15, 0.2) is 66.7 Å². The highest BCUT2D eigenvalue weighted by atomic mass is 127. The van der Waals surface area contributed by atoms with E-state index in [1.807, 2.05) is 66.7 Å². The number of hydrogen-bond donors (Lipinski definition) is 0. The van der Waals surface area contributed by atoms with Crippen LogP contribution in [0.1, 0.15) is 20.7 Å². The van der Waals surface area contributed by atoms with E-state index in [2.05, 4.69) is 0 Å². The van der Waals surface area contributed by atoms with E-state index in [9.17, 15) is 9.59 Å². The Labute approximate surface area is 137 Å². The number of ketones is 2. The predicted molar refractivity (Wildman–Crippen MR) is 96.8 cm³/mol. The number of halogens is 1. The molecule has 1 aliphatic carbocycles. The van der Waals surface area contributed by atoms with Crippen molar-refractivity contribution < 1.29 is 9.59 Å². The second-order valence-corrected chi connectivity index (χ2v) is 7.94. The van der Waals surface area contributed by atoms with Gasteiger partial charge >= 0.3 is 0 Å². The monoisotopic (exact) mass is 398 g/mol. The molecule has 3 heteroatoms. The molecule has 0 saturated heterocycles. The van der Waals surface area contributed by atoms with Gasteiger partial charge in [-0.3, -0.25) is 9.59 Å². The van der Waals surface area contributed by atoms with Crippen LogP contribution in [0.25, 0.3) is 10.8 Å². The van der Waals surface area contributed by atoms with E-state index in [-0.39, 0.29) is 11.6 Å². The summed E-state index contributed by atoms with van der Waals surface area (Å²) in [6.07, 6.45) is 0. The fraction of sp³-hybridized carbons (Fsp3) is 0. The molecule has 3 aromatic rings. The molecule has 106 valence electrons. The van der Waals surface area contributed by atoms with Crippen LogP contribution >= 0.6 is 20.7 Å². The second-order valence-electron chi connectivity index (χ2n) is 5.07. The third kappa shape index (κ3) is 2.04. The van der Waals surface area contributed by atoms with Gasteiger partial charge in [0.25, 0.3) is 0 Å². The molecule has 0 spiro atoms. The number of carbonyl (C=O) groups is 2. The first-order chi connectivity index (χ1) is 10.8. The largest absolute Gasteiger partial charge is 0.288 e. The normalized spacial score (nSPS) is 13.7. The van der Waals surface area contributed by atoms with Gasteiger partial charge in [0.1, 0.15) is 3.51 Å². The minimum Gasteiger partial charge on any atom is -0.288 e. The van der Waals surface area contributed by atoms with Gasteiger partial charge in [-0.15, -0.1) is 0 Å². The Kier molecular flexibility index (Phi) is 3.22. The third-order valence-corrected chi connectivity index (χ3v) is 6.59. The zero-order valence-corrected chi connectivity index (χ0v) is 13.7. The number of Topliss-reactive ketones (excluding diaryl/α,β-unsaturated/α-hetero) is 2. The zero-order valence-electron chi connectivity index (χ0n) is 11.5. The SMILES string of the molecule is O=C1C(=Ic2ccccc2)C(=O)c2cccc3cccc1c23. The van der Waals surface area contributed by atoms with Crippen LogP contribution in [-0.4, -0.2) is 15.1 Å². The Hall–Kier alpha value is -2.14. The third-order valence-electron chi connectivity index (χ3n) is 3.73. The fourth-order valence-electron chi connectivity index (χ4n) is 2.73. The lowest BCUT2D eigenvalue weighted by Gasteiger charge is -2.17. The smallest absolute Gasteiger partial charge is 0.203 e. The number of hydrogen-bond acceptors (Lipinski definition) is 2. The molecular formula is C19H11IO2. The maximum atomic E-state index is 12.8. The Morgan fingerprint density at radius 1 is 0.636 bits per heavy atom. The molecule has 4 rings (SSSR count). The minimum absolute atomic E-state index is 0.0917. The quantitative estimate of drug-likeness (QED) is 0.575. The van der Waals surface area contributed by atoms with E-state index in [4.69, 9.17) is 0 Å². The molecule has 0 atom stereocenters. The van der Waals surface area contributed by atoms with Crippen molar-refractivity contribution in [2.75, 3.05) is 0 Å². The molecule has 0 radical (unpaired) electrons.